The van der Waals surface area contributed by atoms with E-state index < -0.39 is 12.0 Å². The first-order chi connectivity index (χ1) is 16.6. The van der Waals surface area contributed by atoms with Gasteiger partial charge in [-0.3, -0.25) is 4.98 Å². The molecule has 1 fully saturated rings. The number of nitrogens with one attached hydrogen (secondary N) is 1. The second-order valence-electron chi connectivity index (χ2n) is 7.72. The molecule has 0 bridgehead atoms. The molecule has 2 atom stereocenters. The maximum atomic E-state index is 12.3. The van der Waals surface area contributed by atoms with Gasteiger partial charge in [0, 0.05) is 11.8 Å². The Morgan fingerprint density at radius 3 is 2.59 bits per heavy atom. The first-order valence-electron chi connectivity index (χ1n) is 10.6. The van der Waals surface area contributed by atoms with Gasteiger partial charge in [-0.2, -0.15) is 0 Å². The fourth-order valence-corrected chi connectivity index (χ4v) is 4.55. The van der Waals surface area contributed by atoms with E-state index >= 15 is 0 Å². The van der Waals surface area contributed by atoms with Crippen LogP contribution in [0.5, 0.6) is 5.75 Å². The molecule has 0 radical (unpaired) electrons. The van der Waals surface area contributed by atoms with Crippen molar-refractivity contribution in [2.45, 2.75) is 12.1 Å². The third-order valence-electron chi connectivity index (χ3n) is 5.76. The number of esters is 1. The molecule has 2 aromatic heterocycles. The molecule has 0 spiro atoms. The fourth-order valence-electron chi connectivity index (χ4n) is 4.21. The summed E-state index contributed by atoms with van der Waals surface area (Å²) >= 11 is 5.68. The van der Waals surface area contributed by atoms with Crippen molar-refractivity contribution in [1.82, 2.24) is 10.3 Å². The van der Waals surface area contributed by atoms with Gasteiger partial charge in [-0.15, -0.1) is 0 Å². The number of furan rings is 1. The van der Waals surface area contributed by atoms with Crippen LogP contribution in [0.2, 0.25) is 0 Å². The largest absolute Gasteiger partial charge is 0.506 e. The normalized spacial score (nSPS) is 17.4. The number of phenols is 1. The Balaban J connectivity index is 1.62. The van der Waals surface area contributed by atoms with Crippen LogP contribution in [0.15, 0.2) is 89.5 Å². The standard InChI is InChI=1S/C26H21N3O4S/c1-32-25(31)17-9-3-2-8-16(17)21-13-14-22(33-21)24-23(18-10-6-7-15-27-18)28-26(34)29(24)19-11-4-5-12-20(19)30/h2-15,23-24,30H,1H3,(H,28,34)/t23-,24-/m1/s1. The lowest BCUT2D eigenvalue weighted by atomic mass is 10.0. The third-order valence-corrected chi connectivity index (χ3v) is 6.07. The predicted octanol–water partition coefficient (Wildman–Crippen LogP) is 5.01. The number of aromatic hydroxyl groups is 1. The lowest BCUT2D eigenvalue weighted by molar-refractivity contribution is 0.0601. The van der Waals surface area contributed by atoms with Crippen molar-refractivity contribution < 1.29 is 19.1 Å². The first kappa shape index (κ1) is 21.7. The molecule has 0 unspecified atom stereocenters. The number of benzene rings is 2. The molecular weight excluding hydrogens is 450 g/mol. The van der Waals surface area contributed by atoms with Crippen LogP contribution in [0.3, 0.4) is 0 Å². The van der Waals surface area contributed by atoms with Crippen LogP contribution in [0.25, 0.3) is 11.3 Å². The Labute approximate surface area is 201 Å². The summed E-state index contributed by atoms with van der Waals surface area (Å²) in [6.45, 7) is 0. The molecule has 8 heteroatoms. The molecule has 5 rings (SSSR count). The Kier molecular flexibility index (Phi) is 5.73. The zero-order chi connectivity index (χ0) is 23.7. The van der Waals surface area contributed by atoms with Crippen LogP contribution in [0, 0.1) is 0 Å². The molecule has 0 aliphatic carbocycles. The lowest BCUT2D eigenvalue weighted by Crippen LogP contribution is -2.29. The van der Waals surface area contributed by atoms with Crippen LogP contribution in [-0.4, -0.2) is 28.3 Å². The molecule has 0 amide bonds. The highest BCUT2D eigenvalue weighted by molar-refractivity contribution is 7.80. The number of nitrogens with zero attached hydrogens (tertiary/aromatic N) is 2. The first-order valence-corrected chi connectivity index (χ1v) is 11.1. The van der Waals surface area contributed by atoms with E-state index in [1.807, 2.05) is 53.4 Å². The lowest BCUT2D eigenvalue weighted by Gasteiger charge is -2.26. The van der Waals surface area contributed by atoms with Gasteiger partial charge in [0.05, 0.1) is 30.1 Å². The van der Waals surface area contributed by atoms with Crippen molar-refractivity contribution in [3.8, 4) is 17.1 Å². The maximum absolute atomic E-state index is 12.3. The fraction of sp³-hybridized carbons (Fsp3) is 0.115. The van der Waals surface area contributed by atoms with E-state index in [0.717, 1.165) is 5.69 Å². The molecule has 1 saturated heterocycles. The average Bonchev–Trinajstić information content (AvgIpc) is 3.49. The molecule has 1 aliphatic heterocycles. The van der Waals surface area contributed by atoms with Crippen LogP contribution < -0.4 is 10.2 Å². The number of thiocarbonyl (C=S) groups is 1. The van der Waals surface area contributed by atoms with E-state index in [0.29, 0.717) is 33.4 Å². The molecule has 2 N–H and O–H groups in total. The van der Waals surface area contributed by atoms with Crippen molar-refractivity contribution in [3.05, 3.63) is 102 Å². The minimum absolute atomic E-state index is 0.0983. The van der Waals surface area contributed by atoms with Crippen LogP contribution in [0.4, 0.5) is 5.69 Å². The SMILES string of the molecule is COC(=O)c1ccccc1-c1ccc([C@@H]2[C@@H](c3ccccn3)NC(=S)N2c2ccccc2O)o1. The number of methoxy groups -OCH3 is 1. The monoisotopic (exact) mass is 471 g/mol. The highest BCUT2D eigenvalue weighted by Gasteiger charge is 2.43. The summed E-state index contributed by atoms with van der Waals surface area (Å²) < 4.78 is 11.3. The van der Waals surface area contributed by atoms with Crippen LogP contribution in [0.1, 0.15) is 33.9 Å². The Morgan fingerprint density at radius 2 is 1.82 bits per heavy atom. The molecular formula is C26H21N3O4S. The number of phenolic OH excluding ortho intramolecular Hbond substituents is 1. The number of carbonyl (C=O) groups excluding carboxylic acids is 1. The molecule has 170 valence electrons. The molecule has 2 aromatic carbocycles. The predicted molar refractivity (Wildman–Crippen MR) is 132 cm³/mol. The van der Waals surface area contributed by atoms with Gasteiger partial charge in [-0.05, 0) is 54.7 Å². The summed E-state index contributed by atoms with van der Waals surface area (Å²) in [5.41, 5.74) is 2.36. The van der Waals surface area contributed by atoms with Crippen molar-refractivity contribution in [1.29, 1.82) is 0 Å². The Hall–Kier alpha value is -4.17. The number of hydrogen-bond donors (Lipinski definition) is 2. The number of para-hydroxylation sites is 2. The van der Waals surface area contributed by atoms with E-state index in [4.69, 9.17) is 21.4 Å². The third kappa shape index (κ3) is 3.78. The molecule has 7 nitrogen and oxygen atoms in total. The van der Waals surface area contributed by atoms with Gasteiger partial charge >= 0.3 is 5.97 Å². The van der Waals surface area contributed by atoms with Crippen molar-refractivity contribution in [2.75, 3.05) is 12.0 Å². The van der Waals surface area contributed by atoms with E-state index in [1.165, 1.54) is 7.11 Å². The number of pyridine rings is 1. The number of anilines is 1. The second-order valence-corrected chi connectivity index (χ2v) is 8.11. The Morgan fingerprint density at radius 1 is 1.06 bits per heavy atom. The number of hydrogen-bond acceptors (Lipinski definition) is 6. The van der Waals surface area contributed by atoms with Gasteiger partial charge in [-0.1, -0.05) is 36.4 Å². The zero-order valence-corrected chi connectivity index (χ0v) is 19.0. The number of rotatable bonds is 5. The van der Waals surface area contributed by atoms with Gasteiger partial charge in [0.25, 0.3) is 0 Å². The Bertz CT molecular complexity index is 1350. The minimum atomic E-state index is -0.445. The van der Waals surface area contributed by atoms with E-state index in [2.05, 4.69) is 10.3 Å². The second kappa shape index (κ2) is 8.99. The number of carbonyl (C=O) groups is 1. The molecule has 1 aliphatic rings. The highest BCUT2D eigenvalue weighted by Crippen LogP contribution is 2.45. The van der Waals surface area contributed by atoms with Gasteiger partial charge in [0.2, 0.25) is 0 Å². The van der Waals surface area contributed by atoms with Crippen molar-refractivity contribution >= 4 is 29.0 Å². The summed E-state index contributed by atoms with van der Waals surface area (Å²) in [5.74, 6) is 0.771. The summed E-state index contributed by atoms with van der Waals surface area (Å²) in [6.07, 6.45) is 1.72. The summed E-state index contributed by atoms with van der Waals surface area (Å²) in [4.78, 5) is 18.6. The molecule has 4 aromatic rings. The number of ether oxygens (including phenoxy) is 1. The molecule has 0 saturated carbocycles. The summed E-state index contributed by atoms with van der Waals surface area (Å²) in [6, 6.07) is 22.7. The van der Waals surface area contributed by atoms with Crippen molar-refractivity contribution in [2.24, 2.45) is 0 Å². The number of aromatic nitrogens is 1. The van der Waals surface area contributed by atoms with Gasteiger partial charge < -0.3 is 24.5 Å². The van der Waals surface area contributed by atoms with Gasteiger partial charge in [-0.25, -0.2) is 4.79 Å². The molecule has 3 heterocycles. The van der Waals surface area contributed by atoms with E-state index in [9.17, 15) is 9.90 Å². The summed E-state index contributed by atoms with van der Waals surface area (Å²) in [5, 5.41) is 14.4. The van der Waals surface area contributed by atoms with E-state index in [1.54, 1.807) is 36.5 Å². The highest BCUT2D eigenvalue weighted by atomic mass is 32.1. The summed E-state index contributed by atoms with van der Waals surface area (Å²) in [7, 11) is 1.35. The maximum Gasteiger partial charge on any atom is 0.338 e. The topological polar surface area (TPSA) is 87.8 Å². The molecule has 34 heavy (non-hydrogen) atoms. The van der Waals surface area contributed by atoms with E-state index in [-0.39, 0.29) is 11.8 Å². The quantitative estimate of drug-likeness (QED) is 0.310. The van der Waals surface area contributed by atoms with Crippen LogP contribution in [-0.2, 0) is 4.74 Å². The van der Waals surface area contributed by atoms with Gasteiger partial charge in [0.1, 0.15) is 23.3 Å². The smallest absolute Gasteiger partial charge is 0.338 e. The average molecular weight is 472 g/mol. The van der Waals surface area contributed by atoms with Crippen molar-refractivity contribution in [3.63, 3.8) is 0 Å². The minimum Gasteiger partial charge on any atom is -0.506 e. The van der Waals surface area contributed by atoms with Crippen LogP contribution >= 0.6 is 12.2 Å². The zero-order valence-electron chi connectivity index (χ0n) is 18.2. The van der Waals surface area contributed by atoms with Gasteiger partial charge in [0.15, 0.2) is 5.11 Å².